The number of hydrogen-bond acceptors (Lipinski definition) is 7. The Balaban J connectivity index is 0.000000178. The van der Waals surface area contributed by atoms with E-state index >= 15 is 0 Å². The van der Waals surface area contributed by atoms with Crippen molar-refractivity contribution >= 4 is 11.9 Å². The van der Waals surface area contributed by atoms with Crippen LogP contribution >= 0.6 is 0 Å². The summed E-state index contributed by atoms with van der Waals surface area (Å²) in [4.78, 5) is 23.6. The van der Waals surface area contributed by atoms with Crippen molar-refractivity contribution in [3.05, 3.63) is 107 Å². The molecule has 234 valence electrons. The third kappa shape index (κ3) is 5.13. The number of aliphatic carboxylic acids is 2. The molecule has 0 amide bonds. The van der Waals surface area contributed by atoms with Crippen LogP contribution in [-0.4, -0.2) is 41.5 Å². The number of carboxylic acids is 2. The third-order valence-electron chi connectivity index (χ3n) is 8.77. The second-order valence-electron chi connectivity index (χ2n) is 12.1. The van der Waals surface area contributed by atoms with Gasteiger partial charge in [0.15, 0.2) is 0 Å². The number of benzene rings is 4. The Morgan fingerprint density at radius 1 is 0.667 bits per heavy atom. The van der Waals surface area contributed by atoms with Crippen LogP contribution in [0.3, 0.4) is 0 Å². The van der Waals surface area contributed by atoms with E-state index in [4.69, 9.17) is 18.9 Å². The minimum atomic E-state index is -1.73. The molecule has 0 bridgehead atoms. The Morgan fingerprint density at radius 3 is 1.80 bits per heavy atom. The van der Waals surface area contributed by atoms with Crippen molar-refractivity contribution in [2.75, 3.05) is 14.2 Å². The fraction of sp³-hybridized carbons (Fsp3) is 0.278. The number of methoxy groups -OCH3 is 2. The zero-order valence-electron chi connectivity index (χ0n) is 26.0. The lowest BCUT2D eigenvalue weighted by molar-refractivity contribution is -0.161. The van der Waals surface area contributed by atoms with Gasteiger partial charge in [-0.15, -0.1) is 0 Å². The van der Waals surface area contributed by atoms with Crippen LogP contribution in [-0.2, 0) is 15.2 Å². The van der Waals surface area contributed by atoms with Crippen molar-refractivity contribution in [1.82, 2.24) is 0 Å². The highest BCUT2D eigenvalue weighted by Gasteiger charge is 2.56. The second kappa shape index (κ2) is 11.5. The molecule has 0 aromatic heterocycles. The van der Waals surface area contributed by atoms with Crippen LogP contribution in [0, 0.1) is 10.8 Å². The molecule has 0 saturated carbocycles. The minimum Gasteiger partial charge on any atom is -0.497 e. The molecule has 2 unspecified atom stereocenters. The van der Waals surface area contributed by atoms with E-state index in [9.17, 15) is 24.9 Å². The molecule has 4 aromatic carbocycles. The van der Waals surface area contributed by atoms with Gasteiger partial charge in [0, 0.05) is 40.3 Å². The van der Waals surface area contributed by atoms with Gasteiger partial charge in [0.05, 0.1) is 25.0 Å². The minimum absolute atomic E-state index is 0.282. The van der Waals surface area contributed by atoms with Crippen LogP contribution < -0.4 is 18.9 Å². The lowest BCUT2D eigenvalue weighted by Crippen LogP contribution is -2.49. The molecule has 2 aliphatic heterocycles. The predicted molar refractivity (Wildman–Crippen MR) is 167 cm³/mol. The molecule has 0 fully saturated rings. The maximum absolute atomic E-state index is 11.8. The average Bonchev–Trinajstić information content (AvgIpc) is 3.03. The lowest BCUT2D eigenvalue weighted by Gasteiger charge is -2.44. The summed E-state index contributed by atoms with van der Waals surface area (Å²) in [6.45, 7) is 6.50. The van der Waals surface area contributed by atoms with Crippen LogP contribution in [0.4, 0.5) is 0 Å². The Morgan fingerprint density at radius 2 is 1.18 bits per heavy atom. The molecule has 2 aliphatic rings. The number of para-hydroxylation sites is 2. The summed E-state index contributed by atoms with van der Waals surface area (Å²) in [6.07, 6.45) is 0. The molecular formula is C36H36O9. The van der Waals surface area contributed by atoms with Crippen molar-refractivity contribution in [3.8, 4) is 34.5 Å². The van der Waals surface area contributed by atoms with Crippen molar-refractivity contribution in [2.24, 2.45) is 10.8 Å². The van der Waals surface area contributed by atoms with Crippen LogP contribution in [0.2, 0.25) is 0 Å². The van der Waals surface area contributed by atoms with E-state index in [2.05, 4.69) is 0 Å². The van der Waals surface area contributed by atoms with Crippen LogP contribution in [0.1, 0.15) is 55.9 Å². The van der Waals surface area contributed by atoms with Gasteiger partial charge in [0.1, 0.15) is 40.1 Å². The van der Waals surface area contributed by atoms with E-state index in [0.717, 1.165) is 11.1 Å². The predicted octanol–water partition coefficient (Wildman–Crippen LogP) is 7.19. The van der Waals surface area contributed by atoms with E-state index in [-0.39, 0.29) is 5.92 Å². The maximum Gasteiger partial charge on any atom is 0.312 e. The fourth-order valence-corrected chi connectivity index (χ4v) is 5.93. The summed E-state index contributed by atoms with van der Waals surface area (Å²) < 4.78 is 22.2. The molecule has 0 radical (unpaired) electrons. The van der Waals surface area contributed by atoms with E-state index in [1.807, 2.05) is 36.4 Å². The normalized spacial score (nSPS) is 17.8. The third-order valence-corrected chi connectivity index (χ3v) is 8.77. The molecule has 0 aliphatic carbocycles. The van der Waals surface area contributed by atoms with Gasteiger partial charge in [-0.2, -0.15) is 0 Å². The molecule has 6 rings (SSSR count). The van der Waals surface area contributed by atoms with E-state index in [1.54, 1.807) is 69.5 Å². The standard InChI is InChI=1S/C18H18O5.C18H18O4/c1-17(2,16(19)20)18(21)12-6-4-5-7-14(12)23-15-10-11(22-3)8-9-13(15)18;1-18(2,17(19)20)16-12-6-4-5-7-14(12)22-15-10-11(21-3)8-9-13(15)16/h4-10,21H,1-3H3,(H,19,20);4-10,16H,1-3H3,(H,19,20). The van der Waals surface area contributed by atoms with Gasteiger partial charge in [-0.3, -0.25) is 9.59 Å². The van der Waals surface area contributed by atoms with Gasteiger partial charge in [0.2, 0.25) is 0 Å². The summed E-state index contributed by atoms with van der Waals surface area (Å²) in [5.74, 6) is 1.21. The SMILES string of the molecule is COc1ccc2c(c1)Oc1ccccc1C2(O)C(C)(C)C(=O)O.COc1ccc2c(c1)Oc1ccccc1C2C(C)(C)C(=O)O. The van der Waals surface area contributed by atoms with Gasteiger partial charge in [-0.05, 0) is 58.0 Å². The molecule has 0 spiro atoms. The topological polar surface area (TPSA) is 132 Å². The summed E-state index contributed by atoms with van der Waals surface area (Å²) >= 11 is 0. The summed E-state index contributed by atoms with van der Waals surface area (Å²) in [5.41, 5.74) is -1.54. The molecule has 2 heterocycles. The summed E-state index contributed by atoms with van der Waals surface area (Å²) in [7, 11) is 3.13. The number of carboxylic acid groups (broad SMARTS) is 2. The van der Waals surface area contributed by atoms with Crippen molar-refractivity contribution in [1.29, 1.82) is 0 Å². The number of hydrogen-bond donors (Lipinski definition) is 3. The molecule has 3 N–H and O–H groups in total. The zero-order chi connectivity index (χ0) is 32.7. The zero-order valence-corrected chi connectivity index (χ0v) is 26.0. The van der Waals surface area contributed by atoms with Crippen LogP contribution in [0.15, 0.2) is 84.9 Å². The largest absolute Gasteiger partial charge is 0.497 e. The Bertz CT molecular complexity index is 1770. The van der Waals surface area contributed by atoms with Gasteiger partial charge >= 0.3 is 11.9 Å². The smallest absolute Gasteiger partial charge is 0.312 e. The Kier molecular flexibility index (Phi) is 8.01. The molecule has 2 atom stereocenters. The second-order valence-corrected chi connectivity index (χ2v) is 12.1. The lowest BCUT2D eigenvalue weighted by atomic mass is 9.66. The van der Waals surface area contributed by atoms with E-state index < -0.39 is 28.4 Å². The molecule has 45 heavy (non-hydrogen) atoms. The van der Waals surface area contributed by atoms with Gasteiger partial charge in [-0.1, -0.05) is 42.5 Å². The molecular weight excluding hydrogens is 576 g/mol. The highest BCUT2D eigenvalue weighted by atomic mass is 16.5. The first-order chi connectivity index (χ1) is 21.3. The molecule has 9 heteroatoms. The summed E-state index contributed by atoms with van der Waals surface area (Å²) in [5, 5.41) is 30.9. The first-order valence-corrected chi connectivity index (χ1v) is 14.4. The van der Waals surface area contributed by atoms with Crippen molar-refractivity contribution in [2.45, 2.75) is 39.2 Å². The number of fused-ring (bicyclic) bond motifs is 4. The number of rotatable bonds is 6. The molecule has 9 nitrogen and oxygen atoms in total. The first kappa shape index (κ1) is 31.4. The molecule has 0 saturated heterocycles. The number of ether oxygens (including phenoxy) is 4. The average molecular weight is 613 g/mol. The molecule has 4 aromatic rings. The van der Waals surface area contributed by atoms with E-state index in [1.165, 1.54) is 21.0 Å². The quantitative estimate of drug-likeness (QED) is 0.207. The fourth-order valence-electron chi connectivity index (χ4n) is 5.93. The van der Waals surface area contributed by atoms with Gasteiger partial charge < -0.3 is 34.3 Å². The highest BCUT2D eigenvalue weighted by molar-refractivity contribution is 5.79. The van der Waals surface area contributed by atoms with Gasteiger partial charge in [-0.25, -0.2) is 0 Å². The highest BCUT2D eigenvalue weighted by Crippen LogP contribution is 2.56. The monoisotopic (exact) mass is 612 g/mol. The van der Waals surface area contributed by atoms with Crippen LogP contribution in [0.5, 0.6) is 34.5 Å². The van der Waals surface area contributed by atoms with E-state index in [0.29, 0.717) is 45.6 Å². The van der Waals surface area contributed by atoms with Crippen molar-refractivity contribution < 1.29 is 43.9 Å². The summed E-state index contributed by atoms with van der Waals surface area (Å²) in [6, 6.07) is 25.0. The first-order valence-electron chi connectivity index (χ1n) is 14.4. The van der Waals surface area contributed by atoms with Gasteiger partial charge in [0.25, 0.3) is 0 Å². The number of carbonyl (C=O) groups is 2. The number of aliphatic hydroxyl groups is 1. The van der Waals surface area contributed by atoms with Crippen molar-refractivity contribution in [3.63, 3.8) is 0 Å². The Hall–Kier alpha value is -5.02. The Labute approximate surface area is 261 Å². The van der Waals surface area contributed by atoms with Crippen LogP contribution in [0.25, 0.3) is 0 Å². The maximum atomic E-state index is 11.8.